The maximum atomic E-state index is 14.0. The molecule has 1 heterocycles. The molecule has 2 rings (SSSR count). The number of hydrogen-bond acceptors (Lipinski definition) is 4. The summed E-state index contributed by atoms with van der Waals surface area (Å²) in [5.41, 5.74) is 0.193. The van der Waals surface area contributed by atoms with Gasteiger partial charge in [-0.2, -0.15) is 0 Å². The highest BCUT2D eigenvalue weighted by molar-refractivity contribution is 5.53. The van der Waals surface area contributed by atoms with Gasteiger partial charge in [0.25, 0.3) is 5.69 Å². The number of nitro groups is 1. The molecule has 0 bridgehead atoms. The van der Waals surface area contributed by atoms with E-state index in [2.05, 4.69) is 0 Å². The average Bonchev–Trinajstić information content (AvgIpc) is 2.84. The van der Waals surface area contributed by atoms with E-state index in [4.69, 9.17) is 5.11 Å². The first-order chi connectivity index (χ1) is 9.13. The predicted octanol–water partition coefficient (Wildman–Crippen LogP) is 2.48. The number of aliphatic hydroxyl groups is 1. The minimum atomic E-state index is -0.597. The minimum Gasteiger partial charge on any atom is -0.396 e. The van der Waals surface area contributed by atoms with Gasteiger partial charge in [0, 0.05) is 25.3 Å². The number of aliphatic hydroxyl groups excluding tert-OH is 1. The van der Waals surface area contributed by atoms with Crippen LogP contribution in [0.1, 0.15) is 25.7 Å². The van der Waals surface area contributed by atoms with E-state index in [1.54, 1.807) is 0 Å². The zero-order chi connectivity index (χ0) is 13.8. The number of benzene rings is 1. The van der Waals surface area contributed by atoms with E-state index < -0.39 is 10.7 Å². The Bertz CT molecular complexity index is 467. The molecule has 0 spiro atoms. The highest BCUT2D eigenvalue weighted by Crippen LogP contribution is 2.31. The van der Waals surface area contributed by atoms with E-state index in [0.29, 0.717) is 12.1 Å². The molecular weight excluding hydrogens is 251 g/mol. The van der Waals surface area contributed by atoms with Crippen LogP contribution < -0.4 is 4.90 Å². The Hall–Kier alpha value is -1.69. The molecule has 0 amide bonds. The third kappa shape index (κ3) is 3.01. The lowest BCUT2D eigenvalue weighted by Crippen LogP contribution is -2.30. The molecular formula is C13H17FN2O3. The van der Waals surface area contributed by atoms with Crippen LogP contribution in [0, 0.1) is 15.9 Å². The van der Waals surface area contributed by atoms with Gasteiger partial charge in [-0.05, 0) is 31.7 Å². The number of anilines is 1. The topological polar surface area (TPSA) is 66.6 Å². The smallest absolute Gasteiger partial charge is 0.272 e. The zero-order valence-corrected chi connectivity index (χ0v) is 10.6. The Balaban J connectivity index is 2.18. The van der Waals surface area contributed by atoms with Crippen LogP contribution in [-0.4, -0.2) is 29.2 Å². The summed E-state index contributed by atoms with van der Waals surface area (Å²) in [5.74, 6) is -0.551. The van der Waals surface area contributed by atoms with E-state index in [9.17, 15) is 14.5 Å². The molecule has 1 atom stereocenters. The van der Waals surface area contributed by atoms with Gasteiger partial charge in [-0.1, -0.05) is 0 Å². The standard InChI is InChI=1S/C13H17FN2O3/c14-12-9-11(16(18)19)5-6-13(12)15-7-1-3-10(15)4-2-8-17/h5-6,9-10,17H,1-4,7-8H2. The number of nitro benzene ring substituents is 1. The van der Waals surface area contributed by atoms with E-state index in [1.165, 1.54) is 12.1 Å². The first kappa shape index (κ1) is 13.7. The van der Waals surface area contributed by atoms with E-state index in [0.717, 1.165) is 31.9 Å². The summed E-state index contributed by atoms with van der Waals surface area (Å²) in [5, 5.41) is 19.5. The largest absolute Gasteiger partial charge is 0.396 e. The molecule has 1 aliphatic rings. The SMILES string of the molecule is O=[N+]([O-])c1ccc(N2CCCC2CCCO)c(F)c1. The number of nitrogens with zero attached hydrogens (tertiary/aromatic N) is 2. The monoisotopic (exact) mass is 268 g/mol. The molecule has 1 saturated heterocycles. The third-order valence-electron chi connectivity index (χ3n) is 3.52. The molecule has 0 radical (unpaired) electrons. The molecule has 1 aromatic carbocycles. The summed E-state index contributed by atoms with van der Waals surface area (Å²) >= 11 is 0. The predicted molar refractivity (Wildman–Crippen MR) is 69.7 cm³/mol. The Labute approximate surface area is 110 Å². The van der Waals surface area contributed by atoms with Crippen molar-refractivity contribution >= 4 is 11.4 Å². The van der Waals surface area contributed by atoms with Gasteiger partial charge in [-0.3, -0.25) is 10.1 Å². The summed E-state index contributed by atoms with van der Waals surface area (Å²) in [7, 11) is 0. The highest BCUT2D eigenvalue weighted by atomic mass is 19.1. The molecule has 19 heavy (non-hydrogen) atoms. The van der Waals surface area contributed by atoms with Crippen molar-refractivity contribution in [3.63, 3.8) is 0 Å². The first-order valence-corrected chi connectivity index (χ1v) is 6.45. The van der Waals surface area contributed by atoms with Crippen LogP contribution in [0.4, 0.5) is 15.8 Å². The van der Waals surface area contributed by atoms with Crippen molar-refractivity contribution < 1.29 is 14.4 Å². The molecule has 6 heteroatoms. The van der Waals surface area contributed by atoms with Crippen molar-refractivity contribution in [3.8, 4) is 0 Å². The van der Waals surface area contributed by atoms with Crippen LogP contribution in [0.2, 0.25) is 0 Å². The fourth-order valence-electron chi connectivity index (χ4n) is 2.62. The summed E-state index contributed by atoms with van der Waals surface area (Å²) in [6.45, 7) is 0.887. The van der Waals surface area contributed by atoms with Gasteiger partial charge in [0.05, 0.1) is 16.7 Å². The zero-order valence-electron chi connectivity index (χ0n) is 10.6. The van der Waals surface area contributed by atoms with Crippen molar-refractivity contribution in [3.05, 3.63) is 34.1 Å². The van der Waals surface area contributed by atoms with Crippen molar-refractivity contribution in [2.45, 2.75) is 31.7 Å². The van der Waals surface area contributed by atoms with Crippen LogP contribution in [0.25, 0.3) is 0 Å². The van der Waals surface area contributed by atoms with Gasteiger partial charge in [0.2, 0.25) is 0 Å². The lowest BCUT2D eigenvalue weighted by Gasteiger charge is -2.27. The molecule has 0 saturated carbocycles. The fourth-order valence-corrected chi connectivity index (χ4v) is 2.62. The molecule has 1 unspecified atom stereocenters. The number of rotatable bonds is 5. The number of non-ortho nitro benzene ring substituents is 1. The van der Waals surface area contributed by atoms with E-state index >= 15 is 0 Å². The summed E-state index contributed by atoms with van der Waals surface area (Å²) < 4.78 is 14.0. The average molecular weight is 268 g/mol. The van der Waals surface area contributed by atoms with Gasteiger partial charge < -0.3 is 10.0 Å². The fraction of sp³-hybridized carbons (Fsp3) is 0.538. The Morgan fingerprint density at radius 2 is 2.32 bits per heavy atom. The maximum Gasteiger partial charge on any atom is 0.272 e. The van der Waals surface area contributed by atoms with E-state index in [1.807, 2.05) is 4.90 Å². The normalized spacial score (nSPS) is 18.8. The van der Waals surface area contributed by atoms with Gasteiger partial charge >= 0.3 is 0 Å². The molecule has 1 aliphatic heterocycles. The lowest BCUT2D eigenvalue weighted by atomic mass is 10.1. The maximum absolute atomic E-state index is 14.0. The third-order valence-corrected chi connectivity index (χ3v) is 3.52. The molecule has 104 valence electrons. The van der Waals surface area contributed by atoms with Crippen molar-refractivity contribution in [1.82, 2.24) is 0 Å². The Morgan fingerprint density at radius 3 is 2.95 bits per heavy atom. The van der Waals surface area contributed by atoms with Gasteiger partial charge in [-0.15, -0.1) is 0 Å². The van der Waals surface area contributed by atoms with E-state index in [-0.39, 0.29) is 18.3 Å². The summed E-state index contributed by atoms with van der Waals surface area (Å²) in [6, 6.07) is 3.99. The van der Waals surface area contributed by atoms with Crippen LogP contribution in [0.3, 0.4) is 0 Å². The lowest BCUT2D eigenvalue weighted by molar-refractivity contribution is -0.385. The second-order valence-electron chi connectivity index (χ2n) is 4.75. The van der Waals surface area contributed by atoms with Crippen LogP contribution in [0.5, 0.6) is 0 Å². The quantitative estimate of drug-likeness (QED) is 0.658. The van der Waals surface area contributed by atoms with Crippen molar-refractivity contribution in [2.24, 2.45) is 0 Å². The number of halogens is 1. The van der Waals surface area contributed by atoms with Crippen LogP contribution in [0.15, 0.2) is 18.2 Å². The van der Waals surface area contributed by atoms with Crippen LogP contribution >= 0.6 is 0 Å². The second kappa shape index (κ2) is 5.97. The first-order valence-electron chi connectivity index (χ1n) is 6.45. The van der Waals surface area contributed by atoms with Crippen molar-refractivity contribution in [1.29, 1.82) is 0 Å². The molecule has 1 aromatic rings. The summed E-state index contributed by atoms with van der Waals surface area (Å²) in [6.07, 6.45) is 3.45. The molecule has 1 N–H and O–H groups in total. The second-order valence-corrected chi connectivity index (χ2v) is 4.75. The van der Waals surface area contributed by atoms with Gasteiger partial charge in [0.1, 0.15) is 0 Å². The molecule has 0 aliphatic carbocycles. The minimum absolute atomic E-state index is 0.132. The van der Waals surface area contributed by atoms with Crippen molar-refractivity contribution in [2.75, 3.05) is 18.1 Å². The molecule has 1 fully saturated rings. The Kier molecular flexibility index (Phi) is 4.31. The Morgan fingerprint density at radius 1 is 1.53 bits per heavy atom. The number of hydrogen-bond donors (Lipinski definition) is 1. The van der Waals surface area contributed by atoms with Crippen LogP contribution in [-0.2, 0) is 0 Å². The molecule has 0 aromatic heterocycles. The molecule has 5 nitrogen and oxygen atoms in total. The van der Waals surface area contributed by atoms with Gasteiger partial charge in [-0.25, -0.2) is 4.39 Å². The highest BCUT2D eigenvalue weighted by Gasteiger charge is 2.27. The summed E-state index contributed by atoms with van der Waals surface area (Å²) in [4.78, 5) is 11.9. The van der Waals surface area contributed by atoms with Gasteiger partial charge in [0.15, 0.2) is 5.82 Å².